The van der Waals surface area contributed by atoms with E-state index in [0.717, 1.165) is 6.07 Å². The first-order valence-corrected chi connectivity index (χ1v) is 8.09. The van der Waals surface area contributed by atoms with Crippen molar-refractivity contribution in [2.24, 2.45) is 0 Å². The first-order valence-electron chi connectivity index (χ1n) is 6.65. The van der Waals surface area contributed by atoms with E-state index in [-0.39, 0.29) is 17.8 Å². The Morgan fingerprint density at radius 1 is 1.22 bits per heavy atom. The molecule has 0 saturated heterocycles. The largest absolute Gasteiger partial charge is 0.398 e. The van der Waals surface area contributed by atoms with Crippen molar-refractivity contribution in [1.82, 2.24) is 0 Å². The lowest BCUT2D eigenvalue weighted by Gasteiger charge is -2.13. The highest BCUT2D eigenvalue weighted by atomic mass is 32.2. The lowest BCUT2D eigenvalue weighted by Crippen LogP contribution is -2.10. The van der Waals surface area contributed by atoms with E-state index in [9.17, 15) is 23.1 Å². The molecule has 0 fully saturated rings. The molecule has 0 radical (unpaired) electrons. The first-order chi connectivity index (χ1) is 10.8. The van der Waals surface area contributed by atoms with E-state index >= 15 is 0 Å². The standard InChI is InChI=1S/C14H15N3O5S/c1-2-16-13-12(23(20,21)22)8-7-10(14(13)17(18)19)9-5-3-4-6-11(9)15/h3-8,16H,2,15H2,1H3,(H,20,21,22). The highest BCUT2D eigenvalue weighted by molar-refractivity contribution is 7.86. The fourth-order valence-corrected chi connectivity index (χ4v) is 2.95. The van der Waals surface area contributed by atoms with Crippen LogP contribution in [0.3, 0.4) is 0 Å². The van der Waals surface area contributed by atoms with Crippen molar-refractivity contribution in [1.29, 1.82) is 0 Å². The van der Waals surface area contributed by atoms with Gasteiger partial charge in [0.15, 0.2) is 0 Å². The number of nitrogens with two attached hydrogens (primary N) is 1. The van der Waals surface area contributed by atoms with Crippen molar-refractivity contribution >= 4 is 27.2 Å². The Labute approximate surface area is 132 Å². The minimum absolute atomic E-state index is 0.163. The molecule has 2 aromatic carbocycles. The van der Waals surface area contributed by atoms with Crippen LogP contribution in [-0.4, -0.2) is 24.4 Å². The summed E-state index contributed by atoms with van der Waals surface area (Å²) in [6, 6.07) is 8.90. The molecule has 0 heterocycles. The van der Waals surface area contributed by atoms with Gasteiger partial charge < -0.3 is 11.1 Å². The number of nitro groups is 1. The molecular weight excluding hydrogens is 322 g/mol. The van der Waals surface area contributed by atoms with Gasteiger partial charge in [0, 0.05) is 17.8 Å². The quantitative estimate of drug-likeness (QED) is 0.330. The Hall–Kier alpha value is -2.65. The number of nitrogens with one attached hydrogen (secondary N) is 1. The molecule has 0 unspecified atom stereocenters. The van der Waals surface area contributed by atoms with E-state index in [2.05, 4.69) is 5.32 Å². The number of benzene rings is 2. The van der Waals surface area contributed by atoms with Crippen LogP contribution >= 0.6 is 0 Å². The van der Waals surface area contributed by atoms with E-state index in [4.69, 9.17) is 5.73 Å². The molecule has 2 rings (SSSR count). The van der Waals surface area contributed by atoms with Gasteiger partial charge in [-0.3, -0.25) is 14.7 Å². The molecule has 0 aliphatic rings. The van der Waals surface area contributed by atoms with Crippen molar-refractivity contribution < 1.29 is 17.9 Å². The average molecular weight is 337 g/mol. The van der Waals surface area contributed by atoms with Crippen LogP contribution in [-0.2, 0) is 10.1 Å². The monoisotopic (exact) mass is 337 g/mol. The molecule has 0 aliphatic carbocycles. The Morgan fingerprint density at radius 2 is 1.87 bits per heavy atom. The minimum Gasteiger partial charge on any atom is -0.398 e. The number of hydrogen-bond donors (Lipinski definition) is 3. The molecular formula is C14H15N3O5S. The summed E-state index contributed by atoms with van der Waals surface area (Å²) in [6.45, 7) is 1.89. The van der Waals surface area contributed by atoms with Gasteiger partial charge in [0.05, 0.1) is 10.5 Å². The number of hydrogen-bond acceptors (Lipinski definition) is 6. The molecule has 23 heavy (non-hydrogen) atoms. The second kappa shape index (κ2) is 6.23. The van der Waals surface area contributed by atoms with E-state index in [0.29, 0.717) is 11.3 Å². The van der Waals surface area contributed by atoms with Crippen LogP contribution in [0.15, 0.2) is 41.3 Å². The molecule has 2 aromatic rings. The third-order valence-corrected chi connectivity index (χ3v) is 4.10. The maximum atomic E-state index is 11.5. The molecule has 8 nitrogen and oxygen atoms in total. The van der Waals surface area contributed by atoms with Crippen LogP contribution in [0.4, 0.5) is 17.1 Å². The lowest BCUT2D eigenvalue weighted by molar-refractivity contribution is -0.383. The zero-order valence-electron chi connectivity index (χ0n) is 12.2. The molecule has 0 bridgehead atoms. The van der Waals surface area contributed by atoms with Gasteiger partial charge in [-0.25, -0.2) is 0 Å². The second-order valence-electron chi connectivity index (χ2n) is 4.68. The Kier molecular flexibility index (Phi) is 4.52. The Morgan fingerprint density at radius 3 is 2.39 bits per heavy atom. The van der Waals surface area contributed by atoms with Crippen molar-refractivity contribution in [3.05, 3.63) is 46.5 Å². The van der Waals surface area contributed by atoms with Crippen molar-refractivity contribution in [3.63, 3.8) is 0 Å². The number of nitrogen functional groups attached to an aromatic ring is 1. The Bertz CT molecular complexity index is 865. The number of rotatable bonds is 5. The van der Waals surface area contributed by atoms with Gasteiger partial charge in [-0.1, -0.05) is 18.2 Å². The zero-order valence-corrected chi connectivity index (χ0v) is 13.0. The van der Waals surface area contributed by atoms with Gasteiger partial charge in [0.25, 0.3) is 10.1 Å². The molecule has 4 N–H and O–H groups in total. The molecule has 0 saturated carbocycles. The van der Waals surface area contributed by atoms with Gasteiger partial charge in [0.2, 0.25) is 0 Å². The van der Waals surface area contributed by atoms with Gasteiger partial charge in [0.1, 0.15) is 10.6 Å². The predicted molar refractivity (Wildman–Crippen MR) is 86.9 cm³/mol. The number of nitro benzene ring substituents is 1. The summed E-state index contributed by atoms with van der Waals surface area (Å²) >= 11 is 0. The molecule has 9 heteroatoms. The predicted octanol–water partition coefficient (Wildman–Crippen LogP) is 2.52. The highest BCUT2D eigenvalue weighted by Crippen LogP contribution is 2.41. The summed E-state index contributed by atoms with van der Waals surface area (Å²) in [5, 5.41) is 14.2. The summed E-state index contributed by atoms with van der Waals surface area (Å²) < 4.78 is 32.3. The van der Waals surface area contributed by atoms with Crippen LogP contribution in [0.25, 0.3) is 11.1 Å². The normalized spacial score (nSPS) is 11.2. The number of para-hydroxylation sites is 1. The molecule has 0 aliphatic heterocycles. The van der Waals surface area contributed by atoms with Gasteiger partial charge >= 0.3 is 5.69 Å². The zero-order chi connectivity index (χ0) is 17.2. The van der Waals surface area contributed by atoms with Crippen LogP contribution in [0.5, 0.6) is 0 Å². The lowest BCUT2D eigenvalue weighted by atomic mass is 10.0. The highest BCUT2D eigenvalue weighted by Gasteiger charge is 2.29. The van der Waals surface area contributed by atoms with Crippen LogP contribution in [0.2, 0.25) is 0 Å². The minimum atomic E-state index is -4.62. The summed E-state index contributed by atoms with van der Waals surface area (Å²) in [4.78, 5) is 10.3. The van der Waals surface area contributed by atoms with Gasteiger partial charge in [-0.2, -0.15) is 8.42 Å². The Balaban J connectivity index is 2.88. The fourth-order valence-electron chi connectivity index (χ4n) is 2.28. The average Bonchev–Trinajstić information content (AvgIpc) is 2.46. The molecule has 0 atom stereocenters. The third kappa shape index (κ3) is 3.25. The SMILES string of the molecule is CCNc1c(S(=O)(=O)O)ccc(-c2ccccc2N)c1[N+](=O)[O-]. The van der Waals surface area contributed by atoms with E-state index in [1.807, 2.05) is 0 Å². The second-order valence-corrected chi connectivity index (χ2v) is 6.07. The van der Waals surface area contributed by atoms with E-state index in [1.165, 1.54) is 6.07 Å². The summed E-state index contributed by atoms with van der Waals surface area (Å²) in [5.74, 6) is 0. The van der Waals surface area contributed by atoms with Crippen molar-refractivity contribution in [3.8, 4) is 11.1 Å². The smallest absolute Gasteiger partial charge is 0.301 e. The maximum absolute atomic E-state index is 11.5. The van der Waals surface area contributed by atoms with Crippen molar-refractivity contribution in [2.75, 3.05) is 17.6 Å². The topological polar surface area (TPSA) is 136 Å². The van der Waals surface area contributed by atoms with Crippen molar-refractivity contribution in [2.45, 2.75) is 11.8 Å². The van der Waals surface area contributed by atoms with Crippen LogP contribution < -0.4 is 11.1 Å². The van der Waals surface area contributed by atoms with Gasteiger partial charge in [-0.05, 0) is 25.1 Å². The van der Waals surface area contributed by atoms with Gasteiger partial charge in [-0.15, -0.1) is 0 Å². The number of nitrogens with zero attached hydrogens (tertiary/aromatic N) is 1. The molecule has 0 aromatic heterocycles. The van der Waals surface area contributed by atoms with Crippen LogP contribution in [0.1, 0.15) is 6.92 Å². The summed E-state index contributed by atoms with van der Waals surface area (Å²) in [6.07, 6.45) is 0. The number of anilines is 2. The van der Waals surface area contributed by atoms with Crippen LogP contribution in [0, 0.1) is 10.1 Å². The molecule has 0 amide bonds. The first kappa shape index (κ1) is 16.7. The maximum Gasteiger partial charge on any atom is 0.301 e. The van der Waals surface area contributed by atoms with E-state index in [1.54, 1.807) is 31.2 Å². The van der Waals surface area contributed by atoms with E-state index < -0.39 is 25.6 Å². The molecule has 0 spiro atoms. The third-order valence-electron chi connectivity index (χ3n) is 3.20. The summed E-state index contributed by atoms with van der Waals surface area (Å²) in [5.41, 5.74) is 6.02. The summed E-state index contributed by atoms with van der Waals surface area (Å²) in [7, 11) is -4.62. The fraction of sp³-hybridized carbons (Fsp3) is 0.143. The molecule has 122 valence electrons.